The number of nitrogens with zero attached hydrogens (tertiary/aromatic N) is 1. The van der Waals surface area contributed by atoms with Gasteiger partial charge in [0.25, 0.3) is 5.70 Å². The summed E-state index contributed by atoms with van der Waals surface area (Å²) < 4.78 is 12.6. The molecule has 1 aliphatic rings. The molecule has 4 heteroatoms. The fourth-order valence-corrected chi connectivity index (χ4v) is 0.966. The lowest BCUT2D eigenvalue weighted by molar-refractivity contribution is -0.419. The molecule has 1 aliphatic carbocycles. The monoisotopic (exact) mass is 169 g/mol. The van der Waals surface area contributed by atoms with Crippen molar-refractivity contribution in [3.63, 3.8) is 0 Å². The van der Waals surface area contributed by atoms with E-state index in [4.69, 9.17) is 0 Å². The van der Waals surface area contributed by atoms with E-state index in [1.165, 1.54) is 12.2 Å². The van der Waals surface area contributed by atoms with Gasteiger partial charge in [0.05, 0.1) is 4.92 Å². The van der Waals surface area contributed by atoms with Gasteiger partial charge < -0.3 is 0 Å². The fraction of sp³-hybridized carbons (Fsp3) is 0.250. The van der Waals surface area contributed by atoms with Crippen LogP contribution in [0.1, 0.15) is 6.92 Å². The Bertz CT molecular complexity index is 291. The number of hydrogen-bond donors (Lipinski definition) is 0. The molecule has 3 nitrogen and oxygen atoms in total. The summed E-state index contributed by atoms with van der Waals surface area (Å²) in [6.07, 6.45) is 4.99. The average molecular weight is 169 g/mol. The Kier molecular flexibility index (Phi) is 2.38. The maximum Gasteiger partial charge on any atom is 0.266 e. The standard InChI is InChI=1S/C8H8FNO2/c1-6-4-7(9)2-3-8(5-6)10(11)12/h2-6H,1H3. The highest BCUT2D eigenvalue weighted by Crippen LogP contribution is 2.15. The molecule has 64 valence electrons. The van der Waals surface area contributed by atoms with Crippen LogP contribution in [0, 0.1) is 16.0 Å². The van der Waals surface area contributed by atoms with Crippen molar-refractivity contribution in [3.8, 4) is 0 Å². The van der Waals surface area contributed by atoms with E-state index in [0.29, 0.717) is 0 Å². The van der Waals surface area contributed by atoms with Gasteiger partial charge in [-0.05, 0) is 12.2 Å². The molecule has 0 saturated heterocycles. The van der Waals surface area contributed by atoms with Crippen LogP contribution < -0.4 is 0 Å². The molecule has 1 atom stereocenters. The molecule has 0 bridgehead atoms. The van der Waals surface area contributed by atoms with Crippen molar-refractivity contribution in [3.05, 3.63) is 45.9 Å². The van der Waals surface area contributed by atoms with Crippen LogP contribution in [0.3, 0.4) is 0 Å². The highest BCUT2D eigenvalue weighted by molar-refractivity contribution is 5.26. The van der Waals surface area contributed by atoms with Crippen LogP contribution >= 0.6 is 0 Å². The Labute approximate surface area is 69.0 Å². The Hall–Kier alpha value is -1.45. The largest absolute Gasteiger partial charge is 0.266 e. The molecule has 12 heavy (non-hydrogen) atoms. The molecule has 1 unspecified atom stereocenters. The summed E-state index contributed by atoms with van der Waals surface area (Å²) in [4.78, 5) is 9.77. The number of rotatable bonds is 1. The Morgan fingerprint density at radius 3 is 2.75 bits per heavy atom. The molecule has 0 aromatic rings. The lowest BCUT2D eigenvalue weighted by Crippen LogP contribution is -1.96. The number of nitro groups is 1. The van der Waals surface area contributed by atoms with E-state index in [2.05, 4.69) is 0 Å². The van der Waals surface area contributed by atoms with Crippen LogP contribution in [0.5, 0.6) is 0 Å². The highest BCUT2D eigenvalue weighted by Gasteiger charge is 2.11. The number of halogens is 1. The molecule has 0 fully saturated rings. The quantitative estimate of drug-likeness (QED) is 0.446. The Morgan fingerprint density at radius 1 is 1.50 bits per heavy atom. The van der Waals surface area contributed by atoms with Crippen LogP contribution in [0.15, 0.2) is 35.8 Å². The minimum Gasteiger partial charge on any atom is -0.258 e. The lowest BCUT2D eigenvalue weighted by atomic mass is 10.1. The predicted molar refractivity (Wildman–Crippen MR) is 42.6 cm³/mol. The molecule has 0 aromatic heterocycles. The van der Waals surface area contributed by atoms with Gasteiger partial charge in [0.2, 0.25) is 0 Å². The third-order valence-corrected chi connectivity index (χ3v) is 1.48. The van der Waals surface area contributed by atoms with Crippen LogP contribution in [0.4, 0.5) is 4.39 Å². The van der Waals surface area contributed by atoms with Gasteiger partial charge in [-0.1, -0.05) is 6.92 Å². The average Bonchev–Trinajstić information content (AvgIpc) is 2.11. The molecule has 0 spiro atoms. The maximum absolute atomic E-state index is 12.6. The summed E-state index contributed by atoms with van der Waals surface area (Å²) in [7, 11) is 0. The second-order valence-corrected chi connectivity index (χ2v) is 2.59. The van der Waals surface area contributed by atoms with Crippen molar-refractivity contribution in [2.45, 2.75) is 6.92 Å². The molecule has 0 aliphatic heterocycles. The first-order valence-electron chi connectivity index (χ1n) is 3.51. The molecule has 0 radical (unpaired) electrons. The van der Waals surface area contributed by atoms with E-state index in [1.807, 2.05) is 0 Å². The van der Waals surface area contributed by atoms with Crippen LogP contribution in [0.25, 0.3) is 0 Å². The fourth-order valence-electron chi connectivity index (χ4n) is 0.966. The SMILES string of the molecule is CC1C=C(F)C=CC([N+](=O)[O-])=C1. The van der Waals surface area contributed by atoms with E-state index in [0.717, 1.165) is 12.2 Å². The number of allylic oxidation sites excluding steroid dienone is 5. The molecule has 0 N–H and O–H groups in total. The van der Waals surface area contributed by atoms with Gasteiger partial charge in [0.15, 0.2) is 0 Å². The van der Waals surface area contributed by atoms with Gasteiger partial charge >= 0.3 is 0 Å². The van der Waals surface area contributed by atoms with Gasteiger partial charge in [-0.25, -0.2) is 4.39 Å². The van der Waals surface area contributed by atoms with Crippen molar-refractivity contribution in [1.29, 1.82) is 0 Å². The van der Waals surface area contributed by atoms with E-state index >= 15 is 0 Å². The molecule has 1 rings (SSSR count). The molecule has 0 aromatic carbocycles. The first-order chi connectivity index (χ1) is 5.59. The summed E-state index contributed by atoms with van der Waals surface area (Å²) in [5.74, 6) is -0.670. The molecule has 0 heterocycles. The van der Waals surface area contributed by atoms with Crippen LogP contribution in [-0.4, -0.2) is 4.92 Å². The van der Waals surface area contributed by atoms with Crippen molar-refractivity contribution in [2.75, 3.05) is 0 Å². The van der Waals surface area contributed by atoms with Gasteiger partial charge in [0.1, 0.15) is 5.83 Å². The van der Waals surface area contributed by atoms with E-state index in [-0.39, 0.29) is 11.6 Å². The third-order valence-electron chi connectivity index (χ3n) is 1.48. The highest BCUT2D eigenvalue weighted by atomic mass is 19.1. The van der Waals surface area contributed by atoms with Gasteiger partial charge in [-0.3, -0.25) is 10.1 Å². The summed E-state index contributed by atoms with van der Waals surface area (Å²) in [5, 5.41) is 10.3. The van der Waals surface area contributed by atoms with Crippen LogP contribution in [-0.2, 0) is 0 Å². The van der Waals surface area contributed by atoms with Crippen molar-refractivity contribution < 1.29 is 9.31 Å². The normalized spacial score (nSPS) is 22.7. The molecule has 0 saturated carbocycles. The Morgan fingerprint density at radius 2 is 2.17 bits per heavy atom. The summed E-state index contributed by atoms with van der Waals surface area (Å²) in [5.41, 5.74) is -0.0635. The molecular weight excluding hydrogens is 161 g/mol. The van der Waals surface area contributed by atoms with Gasteiger partial charge in [-0.15, -0.1) is 0 Å². The smallest absolute Gasteiger partial charge is 0.258 e. The summed E-state index contributed by atoms with van der Waals surface area (Å²) >= 11 is 0. The molecular formula is C8H8FNO2. The van der Waals surface area contributed by atoms with E-state index < -0.39 is 10.8 Å². The van der Waals surface area contributed by atoms with Crippen molar-refractivity contribution in [1.82, 2.24) is 0 Å². The first kappa shape index (κ1) is 8.64. The second kappa shape index (κ2) is 3.30. The lowest BCUT2D eigenvalue weighted by Gasteiger charge is -1.94. The van der Waals surface area contributed by atoms with Gasteiger partial charge in [-0.2, -0.15) is 0 Å². The Balaban J connectivity index is 2.95. The number of hydrogen-bond acceptors (Lipinski definition) is 2. The predicted octanol–water partition coefficient (Wildman–Crippen LogP) is 2.21. The zero-order chi connectivity index (χ0) is 9.14. The zero-order valence-corrected chi connectivity index (χ0v) is 6.53. The first-order valence-corrected chi connectivity index (χ1v) is 3.51. The minimum atomic E-state index is -0.528. The zero-order valence-electron chi connectivity index (χ0n) is 6.53. The van der Waals surface area contributed by atoms with Crippen molar-refractivity contribution >= 4 is 0 Å². The van der Waals surface area contributed by atoms with Gasteiger partial charge in [0, 0.05) is 18.1 Å². The third kappa shape index (κ3) is 2.02. The topological polar surface area (TPSA) is 43.1 Å². The summed E-state index contributed by atoms with van der Waals surface area (Å²) in [6.45, 7) is 1.69. The maximum atomic E-state index is 12.6. The van der Waals surface area contributed by atoms with E-state index in [9.17, 15) is 14.5 Å². The van der Waals surface area contributed by atoms with Crippen LogP contribution in [0.2, 0.25) is 0 Å². The van der Waals surface area contributed by atoms with E-state index in [1.54, 1.807) is 6.92 Å². The minimum absolute atomic E-state index is 0.0635. The molecule has 0 amide bonds. The summed E-state index contributed by atoms with van der Waals surface area (Å²) in [6, 6.07) is 0. The van der Waals surface area contributed by atoms with Crippen molar-refractivity contribution in [2.24, 2.45) is 5.92 Å². The second-order valence-electron chi connectivity index (χ2n) is 2.59.